The van der Waals surface area contributed by atoms with Gasteiger partial charge in [0.05, 0.1) is 24.4 Å². The molecule has 8 heteroatoms. The molecule has 0 N–H and O–H groups in total. The lowest BCUT2D eigenvalue weighted by atomic mass is 10.2. The average Bonchev–Trinajstić information content (AvgIpc) is 2.87. The maximum atomic E-state index is 12.4. The summed E-state index contributed by atoms with van der Waals surface area (Å²) in [5.41, 5.74) is -0.714. The molecule has 19 heavy (non-hydrogen) atoms. The zero-order valence-electron chi connectivity index (χ0n) is 9.68. The first kappa shape index (κ1) is 13.1. The van der Waals surface area contributed by atoms with Gasteiger partial charge in [-0.15, -0.1) is 0 Å². The van der Waals surface area contributed by atoms with Crippen LogP contribution in [0.25, 0.3) is 5.82 Å². The summed E-state index contributed by atoms with van der Waals surface area (Å²) < 4.78 is 42.7. The molecule has 0 aromatic carbocycles. The lowest BCUT2D eigenvalue weighted by molar-refractivity contribution is -0.137. The van der Waals surface area contributed by atoms with Crippen LogP contribution >= 0.6 is 0 Å². The van der Waals surface area contributed by atoms with E-state index in [1.165, 1.54) is 25.4 Å². The predicted molar refractivity (Wildman–Crippen MR) is 57.7 cm³/mol. The molecular formula is C11H8F3N3O2. The maximum Gasteiger partial charge on any atom is 0.419 e. The molecule has 0 saturated heterocycles. The van der Waals surface area contributed by atoms with Crippen molar-refractivity contribution >= 4 is 5.97 Å². The first-order valence-corrected chi connectivity index (χ1v) is 5.08. The number of nitrogens with zero attached hydrogens (tertiary/aromatic N) is 3. The number of halogens is 3. The van der Waals surface area contributed by atoms with Gasteiger partial charge in [-0.3, -0.25) is 0 Å². The van der Waals surface area contributed by atoms with Gasteiger partial charge in [-0.2, -0.15) is 18.3 Å². The number of carbonyl (C=O) groups is 1. The van der Waals surface area contributed by atoms with Crippen LogP contribution in [0, 0.1) is 0 Å². The van der Waals surface area contributed by atoms with Crippen molar-refractivity contribution in [3.05, 3.63) is 41.9 Å². The molecule has 0 bridgehead atoms. The molecule has 2 rings (SSSR count). The number of ether oxygens (including phenoxy) is 1. The van der Waals surface area contributed by atoms with Gasteiger partial charge in [0.15, 0.2) is 5.82 Å². The number of pyridine rings is 1. The highest BCUT2D eigenvalue weighted by atomic mass is 19.4. The van der Waals surface area contributed by atoms with Gasteiger partial charge in [0.25, 0.3) is 0 Å². The van der Waals surface area contributed by atoms with Gasteiger partial charge in [-0.05, 0) is 12.1 Å². The summed E-state index contributed by atoms with van der Waals surface area (Å²) in [6.07, 6.45) is -1.70. The molecule has 0 spiro atoms. The number of methoxy groups -OCH3 is 1. The van der Waals surface area contributed by atoms with Gasteiger partial charge in [0.1, 0.15) is 0 Å². The van der Waals surface area contributed by atoms with Crippen LogP contribution in [0.3, 0.4) is 0 Å². The van der Waals surface area contributed by atoms with E-state index in [1.807, 2.05) is 0 Å². The highest BCUT2D eigenvalue weighted by molar-refractivity contribution is 5.89. The number of rotatable bonds is 2. The lowest BCUT2D eigenvalue weighted by Gasteiger charge is -2.03. The summed E-state index contributed by atoms with van der Waals surface area (Å²) in [4.78, 5) is 15.1. The van der Waals surface area contributed by atoms with Crippen molar-refractivity contribution in [2.24, 2.45) is 0 Å². The number of esters is 1. The maximum absolute atomic E-state index is 12.4. The van der Waals surface area contributed by atoms with Gasteiger partial charge in [-0.25, -0.2) is 14.5 Å². The first-order chi connectivity index (χ1) is 8.91. The second-order valence-electron chi connectivity index (χ2n) is 3.57. The Morgan fingerprint density at radius 3 is 2.74 bits per heavy atom. The van der Waals surface area contributed by atoms with E-state index in [-0.39, 0.29) is 11.4 Å². The fourth-order valence-corrected chi connectivity index (χ4v) is 1.38. The fourth-order valence-electron chi connectivity index (χ4n) is 1.38. The summed E-state index contributed by atoms with van der Waals surface area (Å²) in [5.74, 6) is -0.509. The van der Waals surface area contributed by atoms with Gasteiger partial charge in [-0.1, -0.05) is 0 Å². The van der Waals surface area contributed by atoms with Crippen molar-refractivity contribution in [3.63, 3.8) is 0 Å². The topological polar surface area (TPSA) is 57.0 Å². The summed E-state index contributed by atoms with van der Waals surface area (Å²) in [7, 11) is 1.21. The molecule has 2 aromatic heterocycles. The molecule has 5 nitrogen and oxygen atoms in total. The van der Waals surface area contributed by atoms with E-state index in [9.17, 15) is 18.0 Å². The van der Waals surface area contributed by atoms with Crippen molar-refractivity contribution in [1.82, 2.24) is 14.8 Å². The highest BCUT2D eigenvalue weighted by Gasteiger charge is 2.32. The number of hydrogen-bond acceptors (Lipinski definition) is 4. The Morgan fingerprint density at radius 2 is 2.16 bits per heavy atom. The van der Waals surface area contributed by atoms with Crippen LogP contribution in [0.2, 0.25) is 0 Å². The minimum absolute atomic E-state index is 0.0957. The monoisotopic (exact) mass is 271 g/mol. The third-order valence-electron chi connectivity index (χ3n) is 2.31. The molecule has 0 aliphatic heterocycles. The Kier molecular flexibility index (Phi) is 3.24. The third kappa shape index (κ3) is 2.72. The van der Waals surface area contributed by atoms with E-state index >= 15 is 0 Å². The Balaban J connectivity index is 2.37. The van der Waals surface area contributed by atoms with E-state index in [1.54, 1.807) is 0 Å². The van der Waals surface area contributed by atoms with Crippen LogP contribution < -0.4 is 0 Å². The van der Waals surface area contributed by atoms with Crippen molar-refractivity contribution in [2.45, 2.75) is 6.18 Å². The molecule has 0 radical (unpaired) electrons. The van der Waals surface area contributed by atoms with Crippen molar-refractivity contribution < 1.29 is 22.7 Å². The quantitative estimate of drug-likeness (QED) is 0.785. The number of carbonyl (C=O) groups excluding carboxylic acids is 1. The zero-order chi connectivity index (χ0) is 14.0. The zero-order valence-corrected chi connectivity index (χ0v) is 9.68. The van der Waals surface area contributed by atoms with E-state index in [2.05, 4.69) is 14.8 Å². The second kappa shape index (κ2) is 4.71. The van der Waals surface area contributed by atoms with E-state index in [0.29, 0.717) is 6.20 Å². The van der Waals surface area contributed by atoms with Crippen molar-refractivity contribution in [3.8, 4) is 5.82 Å². The molecule has 0 aliphatic carbocycles. The summed E-state index contributed by atoms with van der Waals surface area (Å²) in [6, 6.07) is 2.68. The fraction of sp³-hybridized carbons (Fsp3) is 0.182. The van der Waals surface area contributed by atoms with Gasteiger partial charge >= 0.3 is 12.1 Å². The van der Waals surface area contributed by atoms with Crippen molar-refractivity contribution in [1.29, 1.82) is 0 Å². The van der Waals surface area contributed by atoms with Gasteiger partial charge < -0.3 is 4.74 Å². The van der Waals surface area contributed by atoms with E-state index in [4.69, 9.17) is 0 Å². The standard InChI is InChI=1S/C11H8F3N3O2/c1-19-10(18)7-2-3-15-9(4-7)17-6-8(5-16-17)11(12,13)14/h2-6H,1H3. The first-order valence-electron chi connectivity index (χ1n) is 5.08. The highest BCUT2D eigenvalue weighted by Crippen LogP contribution is 2.28. The molecule has 0 aliphatic rings. The van der Waals surface area contributed by atoms with Crippen LogP contribution in [-0.2, 0) is 10.9 Å². The molecule has 100 valence electrons. The molecule has 0 unspecified atom stereocenters. The second-order valence-corrected chi connectivity index (χ2v) is 3.57. The Hall–Kier alpha value is -2.38. The SMILES string of the molecule is COC(=O)c1ccnc(-n2cc(C(F)(F)F)cn2)c1. The van der Waals surface area contributed by atoms with Crippen LogP contribution in [0.1, 0.15) is 15.9 Å². The minimum atomic E-state index is -4.47. The Bertz CT molecular complexity index is 607. The number of aromatic nitrogens is 3. The molecule has 2 aromatic rings. The molecule has 0 saturated carbocycles. The summed E-state index contributed by atoms with van der Waals surface area (Å²) in [5, 5.41) is 3.56. The number of alkyl halides is 3. The normalized spacial score (nSPS) is 11.4. The van der Waals surface area contributed by atoms with Gasteiger partial charge in [0.2, 0.25) is 0 Å². The van der Waals surface area contributed by atoms with Crippen LogP contribution in [-0.4, -0.2) is 27.8 Å². The van der Waals surface area contributed by atoms with E-state index in [0.717, 1.165) is 10.9 Å². The number of hydrogen-bond donors (Lipinski definition) is 0. The molecule has 0 fully saturated rings. The minimum Gasteiger partial charge on any atom is -0.465 e. The molecule has 0 atom stereocenters. The molecule has 0 amide bonds. The summed E-state index contributed by atoms with van der Waals surface area (Å²) >= 11 is 0. The van der Waals surface area contributed by atoms with E-state index < -0.39 is 17.7 Å². The lowest BCUT2D eigenvalue weighted by Crippen LogP contribution is -2.05. The Labute approximate surface area is 105 Å². The summed E-state index contributed by atoms with van der Waals surface area (Å²) in [6.45, 7) is 0. The smallest absolute Gasteiger partial charge is 0.419 e. The predicted octanol–water partition coefficient (Wildman–Crippen LogP) is 2.07. The molecular weight excluding hydrogens is 263 g/mol. The van der Waals surface area contributed by atoms with Crippen molar-refractivity contribution in [2.75, 3.05) is 7.11 Å². The van der Waals surface area contributed by atoms with Gasteiger partial charge in [0, 0.05) is 12.4 Å². The van der Waals surface area contributed by atoms with Crippen LogP contribution in [0.5, 0.6) is 0 Å². The third-order valence-corrected chi connectivity index (χ3v) is 2.31. The molecule has 2 heterocycles. The van der Waals surface area contributed by atoms with Crippen LogP contribution in [0.15, 0.2) is 30.7 Å². The largest absolute Gasteiger partial charge is 0.465 e. The van der Waals surface area contributed by atoms with Crippen LogP contribution in [0.4, 0.5) is 13.2 Å². The Morgan fingerprint density at radius 1 is 1.42 bits per heavy atom. The average molecular weight is 271 g/mol.